The van der Waals surface area contributed by atoms with Crippen LogP contribution >= 0.6 is 0 Å². The van der Waals surface area contributed by atoms with E-state index < -0.39 is 0 Å². The first-order chi connectivity index (χ1) is 12.3. The number of guanidine groups is 1. The minimum Gasteiger partial charge on any atom is -0.356 e. The van der Waals surface area contributed by atoms with Gasteiger partial charge >= 0.3 is 0 Å². The largest absolute Gasteiger partial charge is 0.356 e. The number of aromatic nitrogens is 2. The molecule has 0 amide bonds. The maximum atomic E-state index is 4.44. The second kappa shape index (κ2) is 8.46. The first-order valence-electron chi connectivity index (χ1n) is 8.79. The van der Waals surface area contributed by atoms with Crippen molar-refractivity contribution in [2.75, 3.05) is 44.7 Å². The van der Waals surface area contributed by atoms with E-state index in [2.05, 4.69) is 61.3 Å². The van der Waals surface area contributed by atoms with Gasteiger partial charge in [-0.25, -0.2) is 9.97 Å². The summed E-state index contributed by atoms with van der Waals surface area (Å²) in [6.07, 6.45) is 4.58. The molecule has 1 aromatic heterocycles. The highest BCUT2D eigenvalue weighted by atomic mass is 15.4. The Morgan fingerprint density at radius 1 is 1.08 bits per heavy atom. The maximum Gasteiger partial charge on any atom is 0.225 e. The first-order valence-corrected chi connectivity index (χ1v) is 8.79. The van der Waals surface area contributed by atoms with Crippen LogP contribution in [0.3, 0.4) is 0 Å². The third-order valence-corrected chi connectivity index (χ3v) is 4.44. The van der Waals surface area contributed by atoms with E-state index in [-0.39, 0.29) is 0 Å². The fraction of sp³-hybridized carbons (Fsp3) is 0.421. The molecule has 1 aliphatic rings. The molecule has 1 saturated heterocycles. The third-order valence-electron chi connectivity index (χ3n) is 4.44. The fourth-order valence-electron chi connectivity index (χ4n) is 2.98. The molecule has 25 heavy (non-hydrogen) atoms. The van der Waals surface area contributed by atoms with Gasteiger partial charge in [0.1, 0.15) is 0 Å². The fourth-order valence-corrected chi connectivity index (χ4v) is 2.98. The van der Waals surface area contributed by atoms with Crippen molar-refractivity contribution in [2.45, 2.75) is 13.3 Å². The van der Waals surface area contributed by atoms with Crippen LogP contribution in [0.2, 0.25) is 0 Å². The van der Waals surface area contributed by atoms with Crippen molar-refractivity contribution in [3.63, 3.8) is 0 Å². The number of nitrogens with one attached hydrogen (secondary N) is 1. The first kappa shape index (κ1) is 17.2. The molecule has 0 spiro atoms. The molecule has 0 bridgehead atoms. The summed E-state index contributed by atoms with van der Waals surface area (Å²) in [7, 11) is 1.85. The number of rotatable bonds is 4. The van der Waals surface area contributed by atoms with Crippen LogP contribution in [0.25, 0.3) is 0 Å². The lowest BCUT2D eigenvalue weighted by Gasteiger charge is -2.36. The Kier molecular flexibility index (Phi) is 5.82. The van der Waals surface area contributed by atoms with Crippen LogP contribution in [-0.2, 0) is 6.42 Å². The van der Waals surface area contributed by atoms with Gasteiger partial charge in [-0.05, 0) is 25.0 Å². The molecule has 2 heterocycles. The summed E-state index contributed by atoms with van der Waals surface area (Å²) >= 11 is 0. The number of anilines is 1. The summed E-state index contributed by atoms with van der Waals surface area (Å²) in [5, 5.41) is 3.48. The Labute approximate surface area is 149 Å². The third kappa shape index (κ3) is 4.68. The molecule has 132 valence electrons. The van der Waals surface area contributed by atoms with Crippen molar-refractivity contribution < 1.29 is 0 Å². The monoisotopic (exact) mass is 338 g/mol. The van der Waals surface area contributed by atoms with Gasteiger partial charge in [0.15, 0.2) is 5.96 Å². The molecule has 0 saturated carbocycles. The van der Waals surface area contributed by atoms with E-state index in [0.29, 0.717) is 0 Å². The van der Waals surface area contributed by atoms with Crippen LogP contribution in [-0.4, -0.2) is 60.6 Å². The Morgan fingerprint density at radius 3 is 2.40 bits per heavy atom. The molecule has 1 aromatic carbocycles. The van der Waals surface area contributed by atoms with Crippen LogP contribution in [0, 0.1) is 6.92 Å². The van der Waals surface area contributed by atoms with Crippen molar-refractivity contribution in [1.29, 1.82) is 0 Å². The number of aryl methyl sites for hydroxylation is 1. The van der Waals surface area contributed by atoms with Crippen molar-refractivity contribution in [1.82, 2.24) is 20.2 Å². The molecule has 2 aromatic rings. The zero-order chi connectivity index (χ0) is 17.5. The quantitative estimate of drug-likeness (QED) is 0.680. The van der Waals surface area contributed by atoms with Crippen LogP contribution in [0.5, 0.6) is 0 Å². The van der Waals surface area contributed by atoms with Crippen molar-refractivity contribution in [3.05, 3.63) is 53.9 Å². The minimum atomic E-state index is 0.810. The molecule has 0 aliphatic carbocycles. The highest BCUT2D eigenvalue weighted by Crippen LogP contribution is 2.10. The van der Waals surface area contributed by atoms with Gasteiger partial charge in [0.25, 0.3) is 0 Å². The van der Waals surface area contributed by atoms with Gasteiger partial charge in [-0.2, -0.15) is 0 Å². The highest BCUT2D eigenvalue weighted by molar-refractivity contribution is 5.80. The summed E-state index contributed by atoms with van der Waals surface area (Å²) < 4.78 is 0. The van der Waals surface area contributed by atoms with Crippen LogP contribution < -0.4 is 10.2 Å². The predicted octanol–water partition coefficient (Wildman–Crippen LogP) is 1.73. The lowest BCUT2D eigenvalue weighted by atomic mass is 10.1. The molecule has 0 radical (unpaired) electrons. The van der Waals surface area contributed by atoms with E-state index in [1.807, 2.05) is 13.1 Å². The topological polar surface area (TPSA) is 56.7 Å². The summed E-state index contributed by atoms with van der Waals surface area (Å²) in [5.41, 5.74) is 2.65. The molecule has 6 nitrogen and oxygen atoms in total. The van der Waals surface area contributed by atoms with Crippen molar-refractivity contribution >= 4 is 11.9 Å². The average Bonchev–Trinajstić information content (AvgIpc) is 2.68. The van der Waals surface area contributed by atoms with E-state index >= 15 is 0 Å². The summed E-state index contributed by atoms with van der Waals surface area (Å²) in [5.74, 6) is 1.78. The average molecular weight is 338 g/mol. The normalized spacial score (nSPS) is 15.4. The summed E-state index contributed by atoms with van der Waals surface area (Å²) in [4.78, 5) is 17.6. The molecular weight excluding hydrogens is 312 g/mol. The number of benzene rings is 1. The predicted molar refractivity (Wildman–Crippen MR) is 102 cm³/mol. The second-order valence-corrected chi connectivity index (χ2v) is 6.23. The molecule has 1 aliphatic heterocycles. The standard InChI is InChI=1S/C19H26N6/c1-16-4-6-17(7-5-16)8-11-23-18(20-2)24-12-14-25(15-13-24)19-21-9-3-10-22-19/h3-7,9-10H,8,11-15H2,1-2H3,(H,20,23). The number of hydrogen-bond acceptors (Lipinski definition) is 4. The highest BCUT2D eigenvalue weighted by Gasteiger charge is 2.20. The van der Waals surface area contributed by atoms with Gasteiger partial charge in [0, 0.05) is 52.2 Å². The van der Waals surface area contributed by atoms with Crippen LogP contribution in [0.4, 0.5) is 5.95 Å². The van der Waals surface area contributed by atoms with Gasteiger partial charge in [-0.3, -0.25) is 4.99 Å². The molecule has 3 rings (SSSR count). The summed E-state index contributed by atoms with van der Waals surface area (Å²) in [6, 6.07) is 10.6. The molecule has 0 unspecified atom stereocenters. The minimum absolute atomic E-state index is 0.810. The zero-order valence-electron chi connectivity index (χ0n) is 15.0. The van der Waals surface area contributed by atoms with E-state index in [1.165, 1.54) is 11.1 Å². The van der Waals surface area contributed by atoms with Crippen LogP contribution in [0.1, 0.15) is 11.1 Å². The number of hydrogen-bond donors (Lipinski definition) is 1. The zero-order valence-corrected chi connectivity index (χ0v) is 15.0. The Balaban J connectivity index is 1.47. The Bertz CT molecular complexity index is 675. The number of aliphatic imine (C=N–C) groups is 1. The van der Waals surface area contributed by atoms with Crippen molar-refractivity contribution in [2.24, 2.45) is 4.99 Å². The number of piperazine rings is 1. The molecule has 1 N–H and O–H groups in total. The lowest BCUT2D eigenvalue weighted by molar-refractivity contribution is 0.370. The van der Waals surface area contributed by atoms with E-state index in [0.717, 1.165) is 51.1 Å². The SMILES string of the molecule is CN=C(NCCc1ccc(C)cc1)N1CCN(c2ncccn2)CC1. The Morgan fingerprint density at radius 2 is 1.76 bits per heavy atom. The lowest BCUT2D eigenvalue weighted by Crippen LogP contribution is -2.53. The molecular formula is C19H26N6. The second-order valence-electron chi connectivity index (χ2n) is 6.23. The van der Waals surface area contributed by atoms with Gasteiger partial charge < -0.3 is 15.1 Å². The molecule has 0 atom stereocenters. The van der Waals surface area contributed by atoms with Crippen molar-refractivity contribution in [3.8, 4) is 0 Å². The van der Waals surface area contributed by atoms with E-state index in [4.69, 9.17) is 0 Å². The van der Waals surface area contributed by atoms with Crippen LogP contribution in [0.15, 0.2) is 47.7 Å². The van der Waals surface area contributed by atoms with Gasteiger partial charge in [-0.15, -0.1) is 0 Å². The van der Waals surface area contributed by atoms with Gasteiger partial charge in [-0.1, -0.05) is 29.8 Å². The van der Waals surface area contributed by atoms with Gasteiger partial charge in [0.2, 0.25) is 5.95 Å². The summed E-state index contributed by atoms with van der Waals surface area (Å²) in [6.45, 7) is 6.65. The maximum absolute atomic E-state index is 4.44. The Hall–Kier alpha value is -2.63. The molecule has 6 heteroatoms. The number of nitrogens with zero attached hydrogens (tertiary/aromatic N) is 5. The smallest absolute Gasteiger partial charge is 0.225 e. The van der Waals surface area contributed by atoms with E-state index in [1.54, 1.807) is 12.4 Å². The van der Waals surface area contributed by atoms with E-state index in [9.17, 15) is 0 Å². The van der Waals surface area contributed by atoms with Gasteiger partial charge in [0.05, 0.1) is 0 Å². The molecule has 1 fully saturated rings.